The van der Waals surface area contributed by atoms with Crippen LogP contribution in [0.1, 0.15) is 12.0 Å². The Morgan fingerprint density at radius 2 is 2.06 bits per heavy atom. The molecule has 0 bridgehead atoms. The molecule has 0 radical (unpaired) electrons. The molecule has 2 nitrogen and oxygen atoms in total. The fraction of sp³-hybridized carbons (Fsp3) is 0.500. The Labute approximate surface area is 97.8 Å². The van der Waals surface area contributed by atoms with Gasteiger partial charge in [-0.3, -0.25) is 0 Å². The van der Waals surface area contributed by atoms with Gasteiger partial charge in [0.25, 0.3) is 0 Å². The van der Waals surface area contributed by atoms with Gasteiger partial charge in [0.2, 0.25) is 0 Å². The zero-order valence-electron chi connectivity index (χ0n) is 9.42. The van der Waals surface area contributed by atoms with Gasteiger partial charge in [-0.25, -0.2) is 0 Å². The van der Waals surface area contributed by atoms with Crippen LogP contribution in [0.3, 0.4) is 0 Å². The van der Waals surface area contributed by atoms with Crippen molar-refractivity contribution < 1.29 is 17.9 Å². The van der Waals surface area contributed by atoms with Gasteiger partial charge in [0.15, 0.2) is 0 Å². The first kappa shape index (κ1) is 12.2. The quantitative estimate of drug-likeness (QED) is 0.880. The van der Waals surface area contributed by atoms with E-state index in [9.17, 15) is 13.2 Å². The van der Waals surface area contributed by atoms with Gasteiger partial charge in [0, 0.05) is 12.0 Å². The Morgan fingerprint density at radius 1 is 1.35 bits per heavy atom. The lowest BCUT2D eigenvalue weighted by atomic mass is 10.2. The van der Waals surface area contributed by atoms with Crippen LogP contribution < -0.4 is 10.1 Å². The molecule has 1 aliphatic carbocycles. The van der Waals surface area contributed by atoms with Crippen molar-refractivity contribution in [3.8, 4) is 5.75 Å². The van der Waals surface area contributed by atoms with Crippen molar-refractivity contribution in [3.63, 3.8) is 0 Å². The van der Waals surface area contributed by atoms with Crippen LogP contribution in [-0.4, -0.2) is 19.7 Å². The lowest BCUT2D eigenvalue weighted by molar-refractivity contribution is -0.139. The molecule has 0 saturated heterocycles. The van der Waals surface area contributed by atoms with E-state index in [2.05, 4.69) is 5.32 Å². The van der Waals surface area contributed by atoms with E-state index in [-0.39, 0.29) is 5.75 Å². The molecule has 1 N–H and O–H groups in total. The van der Waals surface area contributed by atoms with E-state index in [1.807, 2.05) is 7.05 Å². The molecular weight excluding hydrogens is 231 g/mol. The third-order valence-corrected chi connectivity index (χ3v) is 2.94. The van der Waals surface area contributed by atoms with Gasteiger partial charge in [-0.2, -0.15) is 13.2 Å². The second-order valence-electron chi connectivity index (χ2n) is 4.20. The maximum atomic E-state index is 12.6. The highest BCUT2D eigenvalue weighted by atomic mass is 19.4. The second kappa shape index (κ2) is 4.56. The minimum absolute atomic E-state index is 0.0817. The average molecular weight is 245 g/mol. The SMILES string of the molecule is CNC1CC1COc1ccccc1C(F)(F)F. The first-order valence-electron chi connectivity index (χ1n) is 5.48. The summed E-state index contributed by atoms with van der Waals surface area (Å²) in [5.41, 5.74) is -0.707. The van der Waals surface area contributed by atoms with Crippen LogP contribution >= 0.6 is 0 Å². The van der Waals surface area contributed by atoms with E-state index in [1.165, 1.54) is 12.1 Å². The van der Waals surface area contributed by atoms with Crippen LogP contribution in [-0.2, 0) is 6.18 Å². The number of alkyl halides is 3. The van der Waals surface area contributed by atoms with E-state index in [1.54, 1.807) is 6.07 Å². The number of hydrogen-bond donors (Lipinski definition) is 1. The zero-order chi connectivity index (χ0) is 12.5. The molecule has 0 heterocycles. The second-order valence-corrected chi connectivity index (χ2v) is 4.20. The van der Waals surface area contributed by atoms with Gasteiger partial charge in [0.1, 0.15) is 5.75 Å². The van der Waals surface area contributed by atoms with Gasteiger partial charge < -0.3 is 10.1 Å². The van der Waals surface area contributed by atoms with E-state index < -0.39 is 11.7 Å². The molecule has 0 amide bonds. The Kier molecular flexibility index (Phi) is 3.28. The summed E-state index contributed by atoms with van der Waals surface area (Å²) in [6.45, 7) is 0.332. The third kappa shape index (κ3) is 2.91. The van der Waals surface area contributed by atoms with E-state index >= 15 is 0 Å². The molecule has 1 aliphatic rings. The van der Waals surface area contributed by atoms with Gasteiger partial charge in [-0.15, -0.1) is 0 Å². The van der Waals surface area contributed by atoms with Gasteiger partial charge in [-0.05, 0) is 25.6 Å². The molecule has 5 heteroatoms. The molecule has 0 aliphatic heterocycles. The lowest BCUT2D eigenvalue weighted by Gasteiger charge is -2.13. The predicted molar refractivity (Wildman–Crippen MR) is 57.9 cm³/mol. The molecule has 1 saturated carbocycles. The summed E-state index contributed by atoms with van der Waals surface area (Å²) >= 11 is 0. The first-order valence-corrected chi connectivity index (χ1v) is 5.48. The molecular formula is C12H14F3NO. The van der Waals surface area contributed by atoms with Crippen LogP contribution in [0.25, 0.3) is 0 Å². The van der Waals surface area contributed by atoms with Crippen molar-refractivity contribution in [3.05, 3.63) is 29.8 Å². The van der Waals surface area contributed by atoms with Gasteiger partial charge in [0.05, 0.1) is 12.2 Å². The molecule has 2 rings (SSSR count). The zero-order valence-corrected chi connectivity index (χ0v) is 9.42. The maximum absolute atomic E-state index is 12.6. The van der Waals surface area contributed by atoms with Crippen LogP contribution in [0.5, 0.6) is 5.75 Å². The molecule has 2 unspecified atom stereocenters. The summed E-state index contributed by atoms with van der Waals surface area (Å²) in [6.07, 6.45) is -3.40. The third-order valence-electron chi connectivity index (χ3n) is 2.94. The molecule has 1 aromatic carbocycles. The molecule has 0 spiro atoms. The summed E-state index contributed by atoms with van der Waals surface area (Å²) in [5.74, 6) is 0.239. The monoisotopic (exact) mass is 245 g/mol. The average Bonchev–Trinajstić information content (AvgIpc) is 3.04. The highest BCUT2D eigenvalue weighted by molar-refractivity contribution is 5.35. The summed E-state index contributed by atoms with van der Waals surface area (Å²) in [6, 6.07) is 5.70. The summed E-state index contributed by atoms with van der Waals surface area (Å²) < 4.78 is 43.2. The molecule has 2 atom stereocenters. The minimum atomic E-state index is -4.36. The number of nitrogens with one attached hydrogen (secondary N) is 1. The Hall–Kier alpha value is -1.23. The topological polar surface area (TPSA) is 21.3 Å². The molecule has 0 aromatic heterocycles. The standard InChI is InChI=1S/C12H14F3NO/c1-16-10-6-8(10)7-17-11-5-3-2-4-9(11)12(13,14)15/h2-5,8,10,16H,6-7H2,1H3. The number of ether oxygens (including phenoxy) is 1. The smallest absolute Gasteiger partial charge is 0.419 e. The predicted octanol–water partition coefficient (Wildman–Crippen LogP) is 2.69. The summed E-state index contributed by atoms with van der Waals surface area (Å²) in [7, 11) is 1.84. The largest absolute Gasteiger partial charge is 0.493 e. The van der Waals surface area contributed by atoms with Crippen molar-refractivity contribution in [2.45, 2.75) is 18.6 Å². The van der Waals surface area contributed by atoms with Crippen LogP contribution in [0, 0.1) is 5.92 Å². The molecule has 17 heavy (non-hydrogen) atoms. The van der Waals surface area contributed by atoms with Crippen LogP contribution in [0.4, 0.5) is 13.2 Å². The number of rotatable bonds is 4. The number of hydrogen-bond acceptors (Lipinski definition) is 2. The normalized spacial score (nSPS) is 23.5. The number of halogens is 3. The molecule has 94 valence electrons. The Bertz CT molecular complexity index is 392. The van der Waals surface area contributed by atoms with Crippen molar-refractivity contribution in [1.29, 1.82) is 0 Å². The van der Waals surface area contributed by atoms with Crippen molar-refractivity contribution >= 4 is 0 Å². The Morgan fingerprint density at radius 3 is 2.65 bits per heavy atom. The van der Waals surface area contributed by atoms with E-state index in [0.717, 1.165) is 12.5 Å². The van der Waals surface area contributed by atoms with Crippen LogP contribution in [0.2, 0.25) is 0 Å². The highest BCUT2D eigenvalue weighted by Crippen LogP contribution is 2.37. The lowest BCUT2D eigenvalue weighted by Crippen LogP contribution is -2.15. The number of benzene rings is 1. The minimum Gasteiger partial charge on any atom is -0.493 e. The molecule has 1 fully saturated rings. The maximum Gasteiger partial charge on any atom is 0.419 e. The summed E-state index contributed by atoms with van der Waals surface area (Å²) in [4.78, 5) is 0. The van der Waals surface area contributed by atoms with Crippen molar-refractivity contribution in [1.82, 2.24) is 5.32 Å². The van der Waals surface area contributed by atoms with Gasteiger partial charge in [-0.1, -0.05) is 12.1 Å². The van der Waals surface area contributed by atoms with E-state index in [4.69, 9.17) is 4.74 Å². The summed E-state index contributed by atoms with van der Waals surface area (Å²) in [5, 5.41) is 3.07. The fourth-order valence-corrected chi connectivity index (χ4v) is 1.81. The van der Waals surface area contributed by atoms with Crippen molar-refractivity contribution in [2.24, 2.45) is 5.92 Å². The van der Waals surface area contributed by atoms with Crippen molar-refractivity contribution in [2.75, 3.05) is 13.7 Å². The first-order chi connectivity index (χ1) is 8.02. The van der Waals surface area contributed by atoms with Crippen LogP contribution in [0.15, 0.2) is 24.3 Å². The highest BCUT2D eigenvalue weighted by Gasteiger charge is 2.38. The molecule has 1 aromatic rings. The van der Waals surface area contributed by atoms with E-state index in [0.29, 0.717) is 18.6 Å². The fourth-order valence-electron chi connectivity index (χ4n) is 1.81. The Balaban J connectivity index is 2.01. The number of para-hydroxylation sites is 1. The van der Waals surface area contributed by atoms with Gasteiger partial charge >= 0.3 is 6.18 Å².